The van der Waals surface area contributed by atoms with Crippen molar-refractivity contribution in [3.05, 3.63) is 35.6 Å². The lowest BCUT2D eigenvalue weighted by Gasteiger charge is -2.21. The molecular weight excluding hydrogens is 217 g/mol. The molecule has 0 fully saturated rings. The number of nitrogens with one attached hydrogen (secondary N) is 1. The highest BCUT2D eigenvalue weighted by molar-refractivity contribution is 5.78. The van der Waals surface area contributed by atoms with E-state index in [1.165, 1.54) is 12.1 Å². The van der Waals surface area contributed by atoms with Gasteiger partial charge < -0.3 is 11.1 Å². The highest BCUT2D eigenvalue weighted by atomic mass is 19.1. The Morgan fingerprint density at radius 3 is 2.59 bits per heavy atom. The molecule has 0 aromatic heterocycles. The summed E-state index contributed by atoms with van der Waals surface area (Å²) in [5.41, 5.74) is 6.46. The molecule has 94 valence electrons. The van der Waals surface area contributed by atoms with Crippen LogP contribution in [0.5, 0.6) is 0 Å². The van der Waals surface area contributed by atoms with Gasteiger partial charge in [-0.1, -0.05) is 12.1 Å². The second-order valence-electron chi connectivity index (χ2n) is 5.12. The molecule has 4 heteroatoms. The van der Waals surface area contributed by atoms with Crippen molar-refractivity contribution in [2.75, 3.05) is 0 Å². The van der Waals surface area contributed by atoms with E-state index in [0.29, 0.717) is 5.96 Å². The zero-order chi connectivity index (χ0) is 13.1. The number of hydrogen-bond acceptors (Lipinski definition) is 1. The Bertz CT molecular complexity index is 407. The summed E-state index contributed by atoms with van der Waals surface area (Å²) < 4.78 is 13.0. The Morgan fingerprint density at radius 1 is 1.41 bits per heavy atom. The quantitative estimate of drug-likeness (QED) is 0.613. The number of nitrogens with two attached hydrogens (primary N) is 1. The van der Waals surface area contributed by atoms with E-state index in [-0.39, 0.29) is 17.4 Å². The highest BCUT2D eigenvalue weighted by Crippen LogP contribution is 2.17. The third-order valence-electron chi connectivity index (χ3n) is 2.17. The van der Waals surface area contributed by atoms with Crippen LogP contribution in [0.3, 0.4) is 0 Å². The Hall–Kier alpha value is -1.58. The van der Waals surface area contributed by atoms with Crippen LogP contribution in [-0.2, 0) is 0 Å². The van der Waals surface area contributed by atoms with Gasteiger partial charge in [0.2, 0.25) is 0 Å². The zero-order valence-corrected chi connectivity index (χ0v) is 10.8. The number of hydrogen-bond donors (Lipinski definition) is 2. The maximum absolute atomic E-state index is 13.0. The molecule has 0 saturated carbocycles. The lowest BCUT2D eigenvalue weighted by atomic mass is 10.1. The Kier molecular flexibility index (Phi) is 4.10. The summed E-state index contributed by atoms with van der Waals surface area (Å²) >= 11 is 0. The van der Waals surface area contributed by atoms with Crippen molar-refractivity contribution in [2.24, 2.45) is 10.7 Å². The van der Waals surface area contributed by atoms with Gasteiger partial charge in [-0.3, -0.25) is 0 Å². The van der Waals surface area contributed by atoms with Gasteiger partial charge in [-0.25, -0.2) is 9.38 Å². The van der Waals surface area contributed by atoms with Gasteiger partial charge in [0, 0.05) is 5.54 Å². The molecule has 3 nitrogen and oxygen atoms in total. The first-order chi connectivity index (χ1) is 7.78. The van der Waals surface area contributed by atoms with Crippen LogP contribution in [0.1, 0.15) is 39.3 Å². The van der Waals surface area contributed by atoms with Gasteiger partial charge in [0.1, 0.15) is 5.82 Å². The SMILES string of the molecule is CC(N=C(N)NC(C)(C)C)c1cccc(F)c1. The van der Waals surface area contributed by atoms with E-state index >= 15 is 0 Å². The van der Waals surface area contributed by atoms with Crippen molar-refractivity contribution in [2.45, 2.75) is 39.3 Å². The third kappa shape index (κ3) is 4.85. The second kappa shape index (κ2) is 5.17. The van der Waals surface area contributed by atoms with Gasteiger partial charge in [0.25, 0.3) is 0 Å². The fourth-order valence-corrected chi connectivity index (χ4v) is 1.47. The molecular formula is C13H20FN3. The maximum Gasteiger partial charge on any atom is 0.189 e. The molecule has 3 N–H and O–H groups in total. The summed E-state index contributed by atoms with van der Waals surface area (Å²) in [5, 5.41) is 3.07. The number of guanidine groups is 1. The first kappa shape index (κ1) is 13.5. The largest absolute Gasteiger partial charge is 0.370 e. The minimum Gasteiger partial charge on any atom is -0.370 e. The average Bonchev–Trinajstić information content (AvgIpc) is 2.14. The normalized spacial score (nSPS) is 14.5. The van der Waals surface area contributed by atoms with E-state index in [2.05, 4.69) is 10.3 Å². The topological polar surface area (TPSA) is 50.4 Å². The van der Waals surface area contributed by atoms with Crippen LogP contribution >= 0.6 is 0 Å². The minimum absolute atomic E-state index is 0.130. The summed E-state index contributed by atoms with van der Waals surface area (Å²) in [5.74, 6) is 0.112. The Labute approximate surface area is 102 Å². The van der Waals surface area contributed by atoms with E-state index in [0.717, 1.165) is 5.56 Å². The summed E-state index contributed by atoms with van der Waals surface area (Å²) in [6.07, 6.45) is 0. The van der Waals surface area contributed by atoms with E-state index in [1.54, 1.807) is 6.07 Å². The van der Waals surface area contributed by atoms with Gasteiger partial charge in [0.15, 0.2) is 5.96 Å². The van der Waals surface area contributed by atoms with Crippen LogP contribution in [0.4, 0.5) is 4.39 Å². The van der Waals surface area contributed by atoms with Crippen LogP contribution < -0.4 is 11.1 Å². The monoisotopic (exact) mass is 237 g/mol. The maximum atomic E-state index is 13.0. The molecule has 0 radical (unpaired) electrons. The molecule has 0 saturated heterocycles. The molecule has 1 unspecified atom stereocenters. The molecule has 0 amide bonds. The molecule has 0 aliphatic rings. The van der Waals surface area contributed by atoms with Crippen LogP contribution in [0.2, 0.25) is 0 Å². The van der Waals surface area contributed by atoms with Gasteiger partial charge in [-0.2, -0.15) is 0 Å². The van der Waals surface area contributed by atoms with Gasteiger partial charge in [0.05, 0.1) is 6.04 Å². The standard InChI is InChI=1S/C13H20FN3/c1-9(10-6-5-7-11(14)8-10)16-12(15)17-13(2,3)4/h5-9H,1-4H3,(H3,15,16,17). The second-order valence-corrected chi connectivity index (χ2v) is 5.12. The first-order valence-corrected chi connectivity index (χ1v) is 5.65. The number of rotatable bonds is 2. The lowest BCUT2D eigenvalue weighted by Crippen LogP contribution is -2.45. The molecule has 0 aliphatic carbocycles. The van der Waals surface area contributed by atoms with Crippen molar-refractivity contribution in [3.63, 3.8) is 0 Å². The van der Waals surface area contributed by atoms with Crippen molar-refractivity contribution in [3.8, 4) is 0 Å². The molecule has 1 aromatic rings. The number of benzene rings is 1. The summed E-state index contributed by atoms with van der Waals surface area (Å²) in [7, 11) is 0. The Balaban J connectivity index is 2.77. The third-order valence-corrected chi connectivity index (χ3v) is 2.17. The van der Waals surface area contributed by atoms with Crippen LogP contribution in [0.25, 0.3) is 0 Å². The average molecular weight is 237 g/mol. The minimum atomic E-state index is -0.257. The molecule has 17 heavy (non-hydrogen) atoms. The van der Waals surface area contributed by atoms with Crippen LogP contribution in [0, 0.1) is 5.82 Å². The molecule has 0 spiro atoms. The smallest absolute Gasteiger partial charge is 0.189 e. The predicted octanol–water partition coefficient (Wildman–Crippen LogP) is 2.59. The molecule has 0 heterocycles. The van der Waals surface area contributed by atoms with Crippen molar-refractivity contribution in [1.29, 1.82) is 0 Å². The summed E-state index contributed by atoms with van der Waals surface area (Å²) in [6.45, 7) is 7.89. The number of halogens is 1. The van der Waals surface area contributed by atoms with E-state index in [4.69, 9.17) is 5.73 Å². The van der Waals surface area contributed by atoms with Crippen LogP contribution in [0.15, 0.2) is 29.3 Å². The van der Waals surface area contributed by atoms with Gasteiger partial charge in [-0.05, 0) is 45.4 Å². The molecule has 1 atom stereocenters. The predicted molar refractivity (Wildman–Crippen MR) is 69.3 cm³/mol. The van der Waals surface area contributed by atoms with Crippen molar-refractivity contribution >= 4 is 5.96 Å². The number of nitrogens with zero attached hydrogens (tertiary/aromatic N) is 1. The van der Waals surface area contributed by atoms with E-state index in [1.807, 2.05) is 33.8 Å². The first-order valence-electron chi connectivity index (χ1n) is 5.65. The highest BCUT2D eigenvalue weighted by Gasteiger charge is 2.11. The fraction of sp³-hybridized carbons (Fsp3) is 0.462. The van der Waals surface area contributed by atoms with Gasteiger partial charge in [-0.15, -0.1) is 0 Å². The molecule has 0 aliphatic heterocycles. The van der Waals surface area contributed by atoms with Crippen LogP contribution in [-0.4, -0.2) is 11.5 Å². The summed E-state index contributed by atoms with van der Waals surface area (Å²) in [4.78, 5) is 4.29. The van der Waals surface area contributed by atoms with Crippen molar-refractivity contribution in [1.82, 2.24) is 5.32 Å². The van der Waals surface area contributed by atoms with Gasteiger partial charge >= 0.3 is 0 Å². The molecule has 0 bridgehead atoms. The zero-order valence-electron chi connectivity index (χ0n) is 10.8. The van der Waals surface area contributed by atoms with Crippen molar-refractivity contribution < 1.29 is 4.39 Å². The van der Waals surface area contributed by atoms with E-state index in [9.17, 15) is 4.39 Å². The molecule has 1 rings (SSSR count). The Morgan fingerprint density at radius 2 is 2.06 bits per heavy atom. The molecule has 1 aromatic carbocycles. The summed E-state index contributed by atoms with van der Waals surface area (Å²) in [6, 6.07) is 6.22. The lowest BCUT2D eigenvalue weighted by molar-refractivity contribution is 0.506. The van der Waals surface area contributed by atoms with E-state index < -0.39 is 0 Å². The number of aliphatic imine (C=N–C) groups is 1. The fourth-order valence-electron chi connectivity index (χ4n) is 1.47.